The van der Waals surface area contributed by atoms with Crippen molar-refractivity contribution >= 4 is 41.6 Å². The van der Waals surface area contributed by atoms with Gasteiger partial charge in [0.2, 0.25) is 0 Å². The van der Waals surface area contributed by atoms with Gasteiger partial charge in [0.15, 0.2) is 0 Å². The molecule has 0 saturated heterocycles. The first kappa shape index (κ1) is 58.6. The van der Waals surface area contributed by atoms with E-state index in [0.717, 1.165) is 70.6 Å². The van der Waals surface area contributed by atoms with Crippen LogP contribution in [0.1, 0.15) is 171 Å². The van der Waals surface area contributed by atoms with Gasteiger partial charge in [-0.25, -0.2) is 16.7 Å². The molecule has 23 unspecified atom stereocenters. The van der Waals surface area contributed by atoms with Crippen molar-refractivity contribution in [1.82, 2.24) is 0 Å². The molecule has 8 fully saturated rings. The molecule has 0 bridgehead atoms. The zero-order chi connectivity index (χ0) is 55.0. The van der Waals surface area contributed by atoms with Crippen molar-refractivity contribution in [3.8, 4) is 0 Å². The number of hydrogen-bond acceptors (Lipinski definition) is 13. The van der Waals surface area contributed by atoms with Crippen LogP contribution in [0.5, 0.6) is 0 Å². The lowest BCUT2D eigenvalue weighted by Crippen LogP contribution is -2.62. The number of allylic oxidation sites excluding steroid dienone is 4. The molecule has 0 heterocycles. The fourth-order valence-corrected chi connectivity index (χ4v) is 22.9. The van der Waals surface area contributed by atoms with E-state index in [1.54, 1.807) is 0 Å². The molecule has 9 aliphatic carbocycles. The molecule has 5 N–H and O–H groups in total. The number of hydrogen-bond donors (Lipinski definition) is 5. The second-order valence-electron chi connectivity index (χ2n) is 27.7. The number of fused-ring (bicyclic) bond motifs is 10. The SMILES string of the molecule is CC1=CC(C)(C)C(C=CC(C)C2CCC3C4CC(OS(=O)(=O)O)C5CC(O)CCC5(C)C4CCC23C)C1CCC(C)C1CCC2C3CC(OS(=O)(=O)O)C4CC(OS(=O)(=O)O)C(OS(=O)(=O)O)CC4(C)C3CCC12C. The predicted octanol–water partition coefficient (Wildman–Crippen LogP) is 10.1. The molecule has 430 valence electrons. The van der Waals surface area contributed by atoms with E-state index in [1.807, 2.05) is 6.92 Å². The van der Waals surface area contributed by atoms with E-state index in [-0.39, 0.29) is 70.5 Å². The molecule has 0 aliphatic heterocycles. The molecule has 8 saturated carbocycles. The Morgan fingerprint density at radius 2 is 1.01 bits per heavy atom. The van der Waals surface area contributed by atoms with Gasteiger partial charge in [0, 0.05) is 0 Å². The lowest BCUT2D eigenvalue weighted by Gasteiger charge is -2.63. The fraction of sp³-hybridized carbons (Fsp3) is 0.926. The highest BCUT2D eigenvalue weighted by Crippen LogP contribution is 2.71. The van der Waals surface area contributed by atoms with Crippen LogP contribution in [0, 0.1) is 110 Å². The van der Waals surface area contributed by atoms with Crippen LogP contribution in [0.2, 0.25) is 0 Å². The Morgan fingerprint density at radius 1 is 0.560 bits per heavy atom. The van der Waals surface area contributed by atoms with Gasteiger partial charge in [-0.1, -0.05) is 79.2 Å². The van der Waals surface area contributed by atoms with Crippen LogP contribution in [-0.4, -0.2) is 87.5 Å². The Balaban J connectivity index is 0.883. The Hall–Kier alpha value is -1.08. The predicted molar refractivity (Wildman–Crippen MR) is 279 cm³/mol. The monoisotopic (exact) mass is 1140 g/mol. The maximum absolute atomic E-state index is 12.4. The highest BCUT2D eigenvalue weighted by atomic mass is 32.3. The number of rotatable bonds is 15. The first-order valence-electron chi connectivity index (χ1n) is 28.1. The van der Waals surface area contributed by atoms with Crippen LogP contribution in [0.15, 0.2) is 23.8 Å². The van der Waals surface area contributed by atoms with Crippen LogP contribution >= 0.6 is 0 Å². The fourth-order valence-electron chi connectivity index (χ4n) is 20.9. The van der Waals surface area contributed by atoms with Crippen LogP contribution in [0.4, 0.5) is 0 Å². The van der Waals surface area contributed by atoms with Gasteiger partial charge < -0.3 is 5.11 Å². The molecule has 0 aromatic heterocycles. The molecule has 17 nitrogen and oxygen atoms in total. The first-order valence-corrected chi connectivity index (χ1v) is 33.6. The van der Waals surface area contributed by atoms with Gasteiger partial charge in [0.25, 0.3) is 0 Å². The largest absolute Gasteiger partial charge is 0.397 e. The summed E-state index contributed by atoms with van der Waals surface area (Å²) in [6, 6.07) is 0. The summed E-state index contributed by atoms with van der Waals surface area (Å²) in [6.45, 7) is 20.8. The lowest BCUT2D eigenvalue weighted by molar-refractivity contribution is -0.184. The summed E-state index contributed by atoms with van der Waals surface area (Å²) in [6.07, 6.45) is 14.5. The molecular weight excluding hydrogens is 1050 g/mol. The molecule has 9 aliphatic rings. The van der Waals surface area contributed by atoms with E-state index in [0.29, 0.717) is 66.6 Å². The van der Waals surface area contributed by atoms with Crippen molar-refractivity contribution in [2.75, 3.05) is 0 Å². The standard InChI is InChI=1S/C54H88O17S4/c1-30(37-14-17-41-36-26-47(69-73(59,60)61)45-27-48(70-74(62,63)64)49(71-75(65,66)67)29-54(45,9)43(36)20-23-52(37,41)7)10-12-34-32(3)28-50(4,5)39(34)13-11-31(2)38-15-16-40-35-25-46(68-72(56,57)58)44-24-33(55)18-21-53(44,8)42(35)19-22-51(38,40)6/h11,13,28,30-31,33-49,55H,10,12,14-27,29H2,1-9H3,(H,56,57,58)(H,59,60,61)(H,62,63,64)(H,65,66,67). The maximum Gasteiger partial charge on any atom is 0.397 e. The van der Waals surface area contributed by atoms with Crippen LogP contribution in [-0.2, 0) is 58.3 Å². The van der Waals surface area contributed by atoms with Crippen LogP contribution in [0.3, 0.4) is 0 Å². The zero-order valence-electron chi connectivity index (χ0n) is 45.5. The minimum absolute atomic E-state index is 0.0421. The second kappa shape index (κ2) is 20.1. The normalized spacial score (nSPS) is 47.7. The van der Waals surface area contributed by atoms with Crippen molar-refractivity contribution in [2.45, 2.75) is 202 Å². The van der Waals surface area contributed by atoms with Crippen molar-refractivity contribution in [3.63, 3.8) is 0 Å². The Bertz CT molecular complexity index is 2680. The molecule has 75 heavy (non-hydrogen) atoms. The van der Waals surface area contributed by atoms with E-state index in [9.17, 15) is 57.0 Å². The van der Waals surface area contributed by atoms with Crippen LogP contribution < -0.4 is 0 Å². The molecule has 0 aromatic carbocycles. The quantitative estimate of drug-likeness (QED) is 0.0753. The minimum atomic E-state index is -5.13. The molecule has 21 heteroatoms. The topological polar surface area (TPSA) is 275 Å². The number of aliphatic hydroxyl groups excluding tert-OH is 1. The van der Waals surface area contributed by atoms with Gasteiger partial charge in [-0.15, -0.1) is 0 Å². The van der Waals surface area contributed by atoms with Gasteiger partial charge in [0.05, 0.1) is 18.3 Å². The number of aliphatic hydroxyl groups is 1. The molecule has 23 atom stereocenters. The van der Waals surface area contributed by atoms with E-state index < -0.39 is 83.4 Å². The third kappa shape index (κ3) is 11.2. The third-order valence-electron chi connectivity index (χ3n) is 23.7. The average Bonchev–Trinajstić information content (AvgIpc) is 3.87. The van der Waals surface area contributed by atoms with E-state index in [2.05, 4.69) is 73.6 Å². The highest BCUT2D eigenvalue weighted by Gasteiger charge is 2.66. The van der Waals surface area contributed by atoms with Gasteiger partial charge in [-0.05, 0) is 226 Å². The summed E-state index contributed by atoms with van der Waals surface area (Å²) < 4.78 is 158. The Labute approximate surface area is 448 Å². The highest BCUT2D eigenvalue weighted by molar-refractivity contribution is 7.81. The summed E-state index contributed by atoms with van der Waals surface area (Å²) in [5, 5.41) is 10.7. The summed E-state index contributed by atoms with van der Waals surface area (Å²) >= 11 is 0. The lowest BCUT2D eigenvalue weighted by atomic mass is 9.43. The third-order valence-corrected chi connectivity index (χ3v) is 25.7. The maximum atomic E-state index is 12.4. The van der Waals surface area contributed by atoms with Gasteiger partial charge in [-0.2, -0.15) is 33.7 Å². The first-order chi connectivity index (χ1) is 34.5. The summed E-state index contributed by atoms with van der Waals surface area (Å²) in [7, 11) is -19.9. The zero-order valence-corrected chi connectivity index (χ0v) is 48.8. The Morgan fingerprint density at radius 3 is 1.56 bits per heavy atom. The molecule has 0 spiro atoms. The smallest absolute Gasteiger partial charge is 0.393 e. The molecule has 0 aromatic rings. The van der Waals surface area contributed by atoms with Gasteiger partial charge in [0.1, 0.15) is 12.2 Å². The summed E-state index contributed by atoms with van der Waals surface area (Å²) in [4.78, 5) is 0. The van der Waals surface area contributed by atoms with Crippen molar-refractivity contribution < 1.29 is 73.7 Å². The molecular formula is C54H88O17S4. The Kier molecular flexibility index (Phi) is 15.7. The van der Waals surface area contributed by atoms with Crippen molar-refractivity contribution in [1.29, 1.82) is 0 Å². The van der Waals surface area contributed by atoms with E-state index in [4.69, 9.17) is 16.7 Å². The minimum Gasteiger partial charge on any atom is -0.393 e. The molecule has 0 radical (unpaired) electrons. The average molecular weight is 1140 g/mol. The molecule has 0 amide bonds. The van der Waals surface area contributed by atoms with E-state index in [1.165, 1.54) is 5.57 Å². The molecule has 9 rings (SSSR count). The second-order valence-corrected chi connectivity index (χ2v) is 31.9. The van der Waals surface area contributed by atoms with Gasteiger partial charge >= 0.3 is 41.6 Å². The van der Waals surface area contributed by atoms with Crippen molar-refractivity contribution in [3.05, 3.63) is 23.8 Å². The summed E-state index contributed by atoms with van der Waals surface area (Å²) in [5.74, 6) is 2.49. The van der Waals surface area contributed by atoms with Crippen molar-refractivity contribution in [2.24, 2.45) is 110 Å². The van der Waals surface area contributed by atoms with Gasteiger partial charge in [-0.3, -0.25) is 18.2 Å². The summed E-state index contributed by atoms with van der Waals surface area (Å²) in [5.41, 5.74) is 0.295. The van der Waals surface area contributed by atoms with Crippen LogP contribution in [0.25, 0.3) is 0 Å². The van der Waals surface area contributed by atoms with E-state index >= 15 is 0 Å².